The number of nitrogens with zero attached hydrogens (tertiary/aromatic N) is 3. The molecule has 3 aromatic heterocycles. The Kier molecular flexibility index (Phi) is 2.27. The van der Waals surface area contributed by atoms with Crippen LogP contribution in [0.15, 0.2) is 20.3 Å². The number of hydrogen-bond donors (Lipinski definition) is 2. The Balaban J connectivity index is 2.60. The molecule has 0 unspecified atom stereocenters. The van der Waals surface area contributed by atoms with Crippen LogP contribution in [-0.4, -0.2) is 24.9 Å². The van der Waals surface area contributed by atoms with Gasteiger partial charge in [0.25, 0.3) is 5.56 Å². The summed E-state index contributed by atoms with van der Waals surface area (Å²) in [6, 6.07) is 0. The van der Waals surface area contributed by atoms with E-state index in [1.54, 1.807) is 6.20 Å². The summed E-state index contributed by atoms with van der Waals surface area (Å²) in [5, 5.41) is 0. The van der Waals surface area contributed by atoms with Gasteiger partial charge in [-0.25, -0.2) is 19.7 Å². The normalized spacial score (nSPS) is 11.2. The molecule has 0 bridgehead atoms. The molecule has 0 saturated heterocycles. The summed E-state index contributed by atoms with van der Waals surface area (Å²) in [4.78, 5) is 39.8. The van der Waals surface area contributed by atoms with E-state index in [2.05, 4.69) is 40.8 Å². The smallest absolute Gasteiger partial charge is 0.290 e. The van der Waals surface area contributed by atoms with Gasteiger partial charge in [-0.1, -0.05) is 0 Å². The number of fused-ring (bicyclic) bond motifs is 2. The van der Waals surface area contributed by atoms with Gasteiger partial charge in [-0.3, -0.25) is 14.8 Å². The molecule has 0 aromatic carbocycles. The molecule has 0 atom stereocenters. The Morgan fingerprint density at radius 1 is 1.17 bits per heavy atom. The highest BCUT2D eigenvalue weighted by molar-refractivity contribution is 9.10. The van der Waals surface area contributed by atoms with Crippen LogP contribution in [0.25, 0.3) is 22.3 Å². The fraction of sp³-hybridized carbons (Fsp3) is 0.100. The lowest BCUT2D eigenvalue weighted by Crippen LogP contribution is -2.23. The molecule has 7 nitrogen and oxygen atoms in total. The fourth-order valence-corrected chi connectivity index (χ4v) is 1.93. The van der Waals surface area contributed by atoms with E-state index in [4.69, 9.17) is 0 Å². The van der Waals surface area contributed by atoms with Crippen molar-refractivity contribution in [2.45, 2.75) is 6.92 Å². The van der Waals surface area contributed by atoms with Gasteiger partial charge < -0.3 is 0 Å². The Morgan fingerprint density at radius 3 is 2.72 bits per heavy atom. The second-order valence-corrected chi connectivity index (χ2v) is 4.59. The van der Waals surface area contributed by atoms with E-state index in [0.29, 0.717) is 11.2 Å². The first-order chi connectivity index (χ1) is 8.56. The third-order valence-electron chi connectivity index (χ3n) is 2.57. The summed E-state index contributed by atoms with van der Waals surface area (Å²) in [6.07, 6.45) is 1.60. The average molecular weight is 308 g/mol. The summed E-state index contributed by atoms with van der Waals surface area (Å²) < 4.78 is 0.782. The predicted octanol–water partition coefficient (Wildman–Crippen LogP) is 0.626. The molecule has 0 radical (unpaired) electrons. The molecule has 90 valence electrons. The molecule has 18 heavy (non-hydrogen) atoms. The molecular weight excluding hydrogens is 302 g/mol. The minimum absolute atomic E-state index is 0.0881. The van der Waals surface area contributed by atoms with Crippen molar-refractivity contribution in [1.29, 1.82) is 0 Å². The SMILES string of the molecule is Cc1c(Br)cnc2nc3[nH]c(=O)[nH]c(=O)c3nc12. The Bertz CT molecular complexity index is 898. The van der Waals surface area contributed by atoms with E-state index in [0.717, 1.165) is 10.0 Å². The molecule has 0 fully saturated rings. The summed E-state index contributed by atoms with van der Waals surface area (Å²) >= 11 is 3.34. The highest BCUT2D eigenvalue weighted by atomic mass is 79.9. The van der Waals surface area contributed by atoms with Crippen molar-refractivity contribution < 1.29 is 0 Å². The monoisotopic (exact) mass is 307 g/mol. The minimum atomic E-state index is -0.616. The second kappa shape index (κ2) is 3.70. The van der Waals surface area contributed by atoms with Crippen molar-refractivity contribution in [2.75, 3.05) is 0 Å². The van der Waals surface area contributed by atoms with E-state index in [-0.39, 0.29) is 11.2 Å². The molecule has 0 aliphatic heterocycles. The van der Waals surface area contributed by atoms with Crippen LogP contribution in [0.1, 0.15) is 5.56 Å². The van der Waals surface area contributed by atoms with Crippen LogP contribution in [0.4, 0.5) is 0 Å². The van der Waals surface area contributed by atoms with Crippen LogP contribution in [0, 0.1) is 6.92 Å². The van der Waals surface area contributed by atoms with E-state index < -0.39 is 11.2 Å². The lowest BCUT2D eigenvalue weighted by atomic mass is 10.2. The van der Waals surface area contributed by atoms with E-state index >= 15 is 0 Å². The first-order valence-corrected chi connectivity index (χ1v) is 5.81. The second-order valence-electron chi connectivity index (χ2n) is 3.73. The van der Waals surface area contributed by atoms with Crippen LogP contribution in [-0.2, 0) is 0 Å². The summed E-state index contributed by atoms with van der Waals surface area (Å²) in [7, 11) is 0. The number of aromatic amines is 2. The van der Waals surface area contributed by atoms with Gasteiger partial charge in [-0.05, 0) is 28.4 Å². The fourth-order valence-electron chi connectivity index (χ4n) is 1.64. The maximum Gasteiger partial charge on any atom is 0.327 e. The van der Waals surface area contributed by atoms with Gasteiger partial charge in [0.15, 0.2) is 16.8 Å². The Morgan fingerprint density at radius 2 is 1.94 bits per heavy atom. The molecule has 3 heterocycles. The predicted molar refractivity (Wildman–Crippen MR) is 68.5 cm³/mol. The molecule has 0 aliphatic carbocycles. The maximum absolute atomic E-state index is 11.6. The third-order valence-corrected chi connectivity index (χ3v) is 3.36. The van der Waals surface area contributed by atoms with Crippen molar-refractivity contribution in [3.05, 3.63) is 37.1 Å². The lowest BCUT2D eigenvalue weighted by molar-refractivity contribution is 1.05. The van der Waals surface area contributed by atoms with Crippen molar-refractivity contribution in [1.82, 2.24) is 24.9 Å². The van der Waals surface area contributed by atoms with E-state index in [1.807, 2.05) is 6.92 Å². The maximum atomic E-state index is 11.6. The summed E-state index contributed by atoms with van der Waals surface area (Å²) in [5.41, 5.74) is 0.770. The third kappa shape index (κ3) is 1.53. The lowest BCUT2D eigenvalue weighted by Gasteiger charge is -2.03. The van der Waals surface area contributed by atoms with Gasteiger partial charge >= 0.3 is 5.69 Å². The number of aromatic nitrogens is 5. The van der Waals surface area contributed by atoms with Crippen LogP contribution in [0.2, 0.25) is 0 Å². The zero-order chi connectivity index (χ0) is 12.9. The zero-order valence-electron chi connectivity index (χ0n) is 9.11. The standard InChI is InChI=1S/C10H6BrN5O2/c1-3-4(11)2-12-7-5(3)13-6-8(14-7)15-10(18)16-9(6)17/h2H,1H3,(H2,12,14,15,16,17,18). The summed E-state index contributed by atoms with van der Waals surface area (Å²) in [6.45, 7) is 1.84. The molecule has 0 spiro atoms. The molecule has 0 saturated carbocycles. The number of H-pyrrole nitrogens is 2. The Hall–Kier alpha value is -2.09. The first-order valence-electron chi connectivity index (χ1n) is 5.01. The number of nitrogens with one attached hydrogen (secondary N) is 2. The first kappa shape index (κ1) is 11.0. The van der Waals surface area contributed by atoms with Crippen molar-refractivity contribution in [3.8, 4) is 0 Å². The summed E-state index contributed by atoms with van der Waals surface area (Å²) in [5.74, 6) is 0. The van der Waals surface area contributed by atoms with Crippen LogP contribution < -0.4 is 11.2 Å². The van der Waals surface area contributed by atoms with Crippen LogP contribution in [0.3, 0.4) is 0 Å². The van der Waals surface area contributed by atoms with E-state index in [9.17, 15) is 9.59 Å². The quantitative estimate of drug-likeness (QED) is 0.593. The average Bonchev–Trinajstić information content (AvgIpc) is 2.32. The minimum Gasteiger partial charge on any atom is -0.290 e. The number of rotatable bonds is 0. The number of halogens is 1. The molecule has 8 heteroatoms. The Labute approximate surface area is 107 Å². The van der Waals surface area contributed by atoms with E-state index in [1.165, 1.54) is 0 Å². The van der Waals surface area contributed by atoms with Gasteiger partial charge in [0.05, 0.1) is 0 Å². The van der Waals surface area contributed by atoms with Gasteiger partial charge in [-0.15, -0.1) is 0 Å². The van der Waals surface area contributed by atoms with Crippen LogP contribution >= 0.6 is 15.9 Å². The molecular formula is C10H6BrN5O2. The van der Waals surface area contributed by atoms with Gasteiger partial charge in [0, 0.05) is 10.7 Å². The topological polar surface area (TPSA) is 104 Å². The molecule has 3 rings (SSSR count). The molecule has 2 N–H and O–H groups in total. The van der Waals surface area contributed by atoms with Crippen LogP contribution in [0.5, 0.6) is 0 Å². The van der Waals surface area contributed by atoms with Gasteiger partial charge in [-0.2, -0.15) is 0 Å². The molecule has 0 amide bonds. The number of hydrogen-bond acceptors (Lipinski definition) is 5. The number of pyridine rings is 1. The highest BCUT2D eigenvalue weighted by Crippen LogP contribution is 2.21. The zero-order valence-corrected chi connectivity index (χ0v) is 10.7. The molecule has 0 aliphatic rings. The van der Waals surface area contributed by atoms with Crippen molar-refractivity contribution in [3.63, 3.8) is 0 Å². The number of aryl methyl sites for hydroxylation is 1. The highest BCUT2D eigenvalue weighted by Gasteiger charge is 2.10. The van der Waals surface area contributed by atoms with Gasteiger partial charge in [0.1, 0.15) is 5.52 Å². The van der Waals surface area contributed by atoms with Crippen molar-refractivity contribution >= 4 is 38.3 Å². The van der Waals surface area contributed by atoms with Gasteiger partial charge in [0.2, 0.25) is 0 Å². The van der Waals surface area contributed by atoms with Crippen molar-refractivity contribution in [2.24, 2.45) is 0 Å². The molecule has 3 aromatic rings. The largest absolute Gasteiger partial charge is 0.327 e.